The van der Waals surface area contributed by atoms with Crippen LogP contribution in [0.15, 0.2) is 23.1 Å². The Labute approximate surface area is 117 Å². The van der Waals surface area contributed by atoms with Gasteiger partial charge in [-0.1, -0.05) is 13.8 Å². The summed E-state index contributed by atoms with van der Waals surface area (Å²) in [5, 5.41) is 10.7. The Morgan fingerprint density at radius 3 is 2.40 bits per heavy atom. The second-order valence-electron chi connectivity index (χ2n) is 4.22. The highest BCUT2D eigenvalue weighted by atomic mass is 32.2. The third-order valence-electron chi connectivity index (χ3n) is 2.93. The molecule has 0 aliphatic carbocycles. The predicted molar refractivity (Wildman–Crippen MR) is 75.6 cm³/mol. The van der Waals surface area contributed by atoms with Crippen molar-refractivity contribution in [2.75, 3.05) is 5.43 Å². The molecule has 8 nitrogen and oxygen atoms in total. The summed E-state index contributed by atoms with van der Waals surface area (Å²) in [6, 6.07) is 3.18. The van der Waals surface area contributed by atoms with Gasteiger partial charge in [0.1, 0.15) is 4.90 Å². The fourth-order valence-corrected chi connectivity index (χ4v) is 3.27. The number of nitro benzene ring substituents is 1. The molecule has 0 fully saturated rings. The molecule has 0 atom stereocenters. The van der Waals surface area contributed by atoms with Crippen molar-refractivity contribution < 1.29 is 13.3 Å². The molecular weight excluding hydrogens is 284 g/mol. The van der Waals surface area contributed by atoms with Crippen LogP contribution >= 0.6 is 0 Å². The monoisotopic (exact) mass is 302 g/mol. The topological polar surface area (TPSA) is 127 Å². The zero-order valence-electron chi connectivity index (χ0n) is 11.3. The van der Waals surface area contributed by atoms with Gasteiger partial charge in [-0.15, -0.1) is 0 Å². The van der Waals surface area contributed by atoms with Gasteiger partial charge in [0.05, 0.1) is 10.6 Å². The summed E-state index contributed by atoms with van der Waals surface area (Å²) in [6.45, 7) is 3.74. The van der Waals surface area contributed by atoms with Crippen molar-refractivity contribution in [3.05, 3.63) is 28.3 Å². The minimum Gasteiger partial charge on any atom is -0.323 e. The Balaban J connectivity index is 3.21. The zero-order chi connectivity index (χ0) is 15.3. The van der Waals surface area contributed by atoms with Gasteiger partial charge in [0, 0.05) is 18.2 Å². The van der Waals surface area contributed by atoms with Crippen molar-refractivity contribution in [1.29, 1.82) is 0 Å². The van der Waals surface area contributed by atoms with E-state index in [1.807, 2.05) is 13.8 Å². The molecule has 1 aromatic carbocycles. The highest BCUT2D eigenvalue weighted by Gasteiger charge is 2.23. The summed E-state index contributed by atoms with van der Waals surface area (Å²) < 4.78 is 27.0. The van der Waals surface area contributed by atoms with Crippen molar-refractivity contribution in [2.24, 2.45) is 5.84 Å². The molecule has 20 heavy (non-hydrogen) atoms. The molecule has 9 heteroatoms. The molecule has 0 aliphatic rings. The summed E-state index contributed by atoms with van der Waals surface area (Å²) in [5.41, 5.74) is 1.93. The van der Waals surface area contributed by atoms with E-state index in [-0.39, 0.29) is 22.3 Å². The predicted octanol–water partition coefficient (Wildman–Crippen LogP) is 1.35. The molecule has 0 bridgehead atoms. The lowest BCUT2D eigenvalue weighted by Crippen LogP contribution is -2.34. The number of rotatable bonds is 7. The van der Waals surface area contributed by atoms with Crippen LogP contribution in [0, 0.1) is 10.1 Å². The number of non-ortho nitro benzene ring substituents is 1. The Morgan fingerprint density at radius 2 is 1.95 bits per heavy atom. The number of nitrogens with one attached hydrogen (secondary N) is 2. The van der Waals surface area contributed by atoms with Crippen LogP contribution in [0.4, 0.5) is 11.4 Å². The van der Waals surface area contributed by atoms with Gasteiger partial charge in [-0.05, 0) is 18.9 Å². The number of hydrazine groups is 1. The molecule has 0 heterocycles. The van der Waals surface area contributed by atoms with Crippen molar-refractivity contribution >= 4 is 21.4 Å². The number of benzene rings is 1. The van der Waals surface area contributed by atoms with Gasteiger partial charge in [0.15, 0.2) is 0 Å². The normalized spacial score (nSPS) is 11.6. The van der Waals surface area contributed by atoms with E-state index in [9.17, 15) is 18.5 Å². The SMILES string of the molecule is CCC(CC)NS(=O)(=O)c1ccc([N+](=O)[O-])cc1NN. The lowest BCUT2D eigenvalue weighted by Gasteiger charge is -2.16. The number of nitrogens with zero attached hydrogens (tertiary/aromatic N) is 1. The molecule has 0 saturated heterocycles. The van der Waals surface area contributed by atoms with E-state index in [0.29, 0.717) is 12.8 Å². The van der Waals surface area contributed by atoms with Crippen LogP contribution in [0.1, 0.15) is 26.7 Å². The molecule has 4 N–H and O–H groups in total. The van der Waals surface area contributed by atoms with Crippen LogP contribution in [-0.2, 0) is 10.0 Å². The molecular formula is C11H18N4O4S. The van der Waals surface area contributed by atoms with Crippen molar-refractivity contribution in [3.8, 4) is 0 Å². The van der Waals surface area contributed by atoms with Gasteiger partial charge in [-0.2, -0.15) is 0 Å². The Morgan fingerprint density at radius 1 is 1.35 bits per heavy atom. The number of nitrogens with two attached hydrogens (primary N) is 1. The van der Waals surface area contributed by atoms with Crippen molar-refractivity contribution in [3.63, 3.8) is 0 Å². The molecule has 1 aromatic rings. The van der Waals surface area contributed by atoms with Gasteiger partial charge in [-0.3, -0.25) is 16.0 Å². The number of hydrogen-bond donors (Lipinski definition) is 3. The molecule has 0 amide bonds. The maximum atomic E-state index is 12.2. The van der Waals surface area contributed by atoms with E-state index in [0.717, 1.165) is 18.2 Å². The van der Waals surface area contributed by atoms with Gasteiger partial charge in [-0.25, -0.2) is 13.1 Å². The lowest BCUT2D eigenvalue weighted by molar-refractivity contribution is -0.384. The van der Waals surface area contributed by atoms with Crippen LogP contribution in [0.2, 0.25) is 0 Å². The second kappa shape index (κ2) is 6.64. The smallest absolute Gasteiger partial charge is 0.271 e. The first-order valence-corrected chi connectivity index (χ1v) is 7.61. The highest BCUT2D eigenvalue weighted by Crippen LogP contribution is 2.26. The first-order chi connectivity index (χ1) is 9.35. The molecule has 112 valence electrons. The van der Waals surface area contributed by atoms with E-state index >= 15 is 0 Å². The van der Waals surface area contributed by atoms with Crippen molar-refractivity contribution in [2.45, 2.75) is 37.6 Å². The summed E-state index contributed by atoms with van der Waals surface area (Å²) >= 11 is 0. The lowest BCUT2D eigenvalue weighted by atomic mass is 10.2. The number of hydrogen-bond acceptors (Lipinski definition) is 6. The molecule has 0 radical (unpaired) electrons. The third-order valence-corrected chi connectivity index (χ3v) is 4.51. The third kappa shape index (κ3) is 3.65. The average molecular weight is 302 g/mol. The van der Waals surface area contributed by atoms with E-state index < -0.39 is 14.9 Å². The van der Waals surface area contributed by atoms with Crippen molar-refractivity contribution in [1.82, 2.24) is 4.72 Å². The summed E-state index contributed by atoms with van der Waals surface area (Å²) in [5.74, 6) is 5.25. The first-order valence-electron chi connectivity index (χ1n) is 6.13. The average Bonchev–Trinajstić information content (AvgIpc) is 2.43. The Kier molecular flexibility index (Phi) is 5.43. The molecule has 0 spiro atoms. The number of sulfonamides is 1. The van der Waals surface area contributed by atoms with Gasteiger partial charge in [0.2, 0.25) is 10.0 Å². The van der Waals surface area contributed by atoms with Crippen LogP contribution in [0.5, 0.6) is 0 Å². The molecule has 0 unspecified atom stereocenters. The van der Waals surface area contributed by atoms with Crippen LogP contribution in [-0.4, -0.2) is 19.4 Å². The van der Waals surface area contributed by atoms with E-state index in [1.165, 1.54) is 0 Å². The number of nitro groups is 1. The van der Waals surface area contributed by atoms with Gasteiger partial charge >= 0.3 is 0 Å². The van der Waals surface area contributed by atoms with Crippen LogP contribution in [0.25, 0.3) is 0 Å². The van der Waals surface area contributed by atoms with Gasteiger partial charge in [0.25, 0.3) is 5.69 Å². The van der Waals surface area contributed by atoms with Crippen LogP contribution < -0.4 is 16.0 Å². The minimum atomic E-state index is -3.78. The summed E-state index contributed by atoms with van der Waals surface area (Å²) in [7, 11) is -3.78. The molecule has 1 rings (SSSR count). The second-order valence-corrected chi connectivity index (χ2v) is 5.90. The maximum Gasteiger partial charge on any atom is 0.271 e. The molecule has 0 aromatic heterocycles. The van der Waals surface area contributed by atoms with Gasteiger partial charge < -0.3 is 5.43 Å². The molecule has 0 saturated carbocycles. The summed E-state index contributed by atoms with van der Waals surface area (Å²) in [6.07, 6.45) is 1.29. The fraction of sp³-hybridized carbons (Fsp3) is 0.455. The maximum absolute atomic E-state index is 12.2. The van der Waals surface area contributed by atoms with E-state index in [1.54, 1.807) is 0 Å². The van der Waals surface area contributed by atoms with Crippen LogP contribution in [0.3, 0.4) is 0 Å². The Hall–Kier alpha value is -1.71. The zero-order valence-corrected chi connectivity index (χ0v) is 12.1. The number of nitrogen functional groups attached to an aromatic ring is 1. The largest absolute Gasteiger partial charge is 0.323 e. The highest BCUT2D eigenvalue weighted by molar-refractivity contribution is 7.89. The molecule has 0 aliphatic heterocycles. The fourth-order valence-electron chi connectivity index (χ4n) is 1.72. The van der Waals surface area contributed by atoms with E-state index in [2.05, 4.69) is 10.1 Å². The minimum absolute atomic E-state index is 0.0161. The quantitative estimate of drug-likeness (QED) is 0.396. The summed E-state index contributed by atoms with van der Waals surface area (Å²) in [4.78, 5) is 9.94. The van der Waals surface area contributed by atoms with E-state index in [4.69, 9.17) is 5.84 Å². The number of anilines is 1. The first kappa shape index (κ1) is 16.3. The Bertz CT molecular complexity index is 584. The standard InChI is InChI=1S/C11H18N4O4S/c1-3-8(4-2)14-20(18,19)11-6-5-9(15(16)17)7-10(11)13-12/h5-8,13-14H,3-4,12H2,1-2H3.